The van der Waals surface area contributed by atoms with E-state index in [1.54, 1.807) is 0 Å². The Hall–Kier alpha value is -1.48. The topological polar surface area (TPSA) is 95.7 Å². The lowest BCUT2D eigenvalue weighted by atomic mass is 10.1. The van der Waals surface area contributed by atoms with Crippen molar-refractivity contribution in [3.8, 4) is 0 Å². The largest absolute Gasteiger partial charge is 0.356 e. The number of carbonyl (C=O) groups excluding carboxylic acids is 1. The summed E-state index contributed by atoms with van der Waals surface area (Å²) in [7, 11) is -3.59. The summed E-state index contributed by atoms with van der Waals surface area (Å²) in [6.07, 6.45) is 1.24. The van der Waals surface area contributed by atoms with E-state index >= 15 is 0 Å². The van der Waals surface area contributed by atoms with E-state index < -0.39 is 10.2 Å². The summed E-state index contributed by atoms with van der Waals surface area (Å²) >= 11 is 0. The number of nitrogens with one attached hydrogen (secondary N) is 1. The minimum Gasteiger partial charge on any atom is -0.356 e. The molecule has 0 aliphatic carbocycles. The van der Waals surface area contributed by atoms with Gasteiger partial charge in [-0.25, -0.2) is 5.14 Å². The molecule has 1 aliphatic heterocycles. The third-order valence-electron chi connectivity index (χ3n) is 3.92. The third-order valence-corrected chi connectivity index (χ3v) is 5.01. The molecule has 0 atom stereocenters. The molecule has 0 radical (unpaired) electrons. The van der Waals surface area contributed by atoms with Gasteiger partial charge in [0.05, 0.1) is 0 Å². The first-order chi connectivity index (χ1) is 10.9. The SMILES string of the molecule is NS(=O)(=O)N1CCN(CCC(=O)NCCc2ccccc2)CC1. The molecule has 0 unspecified atom stereocenters. The van der Waals surface area contributed by atoms with Crippen LogP contribution in [0.2, 0.25) is 0 Å². The van der Waals surface area contributed by atoms with Crippen LogP contribution < -0.4 is 10.5 Å². The molecule has 1 fully saturated rings. The zero-order valence-corrected chi connectivity index (χ0v) is 14.0. The molecule has 8 heteroatoms. The van der Waals surface area contributed by atoms with Crippen LogP contribution in [0.25, 0.3) is 0 Å². The highest BCUT2D eigenvalue weighted by molar-refractivity contribution is 7.86. The average molecular weight is 340 g/mol. The standard InChI is InChI=1S/C15H24N4O3S/c16-23(21,22)19-12-10-18(11-13-19)9-7-15(20)17-8-6-14-4-2-1-3-5-14/h1-5H,6-13H2,(H,17,20)(H2,16,21,22). The normalized spacial score (nSPS) is 17.1. The Labute approximate surface area is 137 Å². The van der Waals surface area contributed by atoms with Gasteiger partial charge in [0, 0.05) is 45.7 Å². The van der Waals surface area contributed by atoms with Crippen LogP contribution in [0.15, 0.2) is 30.3 Å². The fraction of sp³-hybridized carbons (Fsp3) is 0.533. The second kappa shape index (κ2) is 8.39. The minimum absolute atomic E-state index is 0.0230. The molecule has 0 spiro atoms. The summed E-state index contributed by atoms with van der Waals surface area (Å²) in [6.45, 7) is 3.24. The molecule has 3 N–H and O–H groups in total. The van der Waals surface area contributed by atoms with E-state index in [0.717, 1.165) is 6.42 Å². The molecule has 1 aromatic rings. The molecule has 128 valence electrons. The number of carbonyl (C=O) groups is 1. The molecule has 1 saturated heterocycles. The number of nitrogens with zero attached hydrogens (tertiary/aromatic N) is 2. The van der Waals surface area contributed by atoms with Crippen molar-refractivity contribution in [1.29, 1.82) is 0 Å². The van der Waals surface area contributed by atoms with Gasteiger partial charge in [-0.1, -0.05) is 30.3 Å². The second-order valence-electron chi connectivity index (χ2n) is 5.62. The van der Waals surface area contributed by atoms with Crippen LogP contribution in [-0.4, -0.2) is 62.8 Å². The summed E-state index contributed by atoms with van der Waals surface area (Å²) in [5, 5.41) is 8.01. The predicted octanol–water partition coefficient (Wildman–Crippen LogP) is -0.443. The molecule has 23 heavy (non-hydrogen) atoms. The van der Waals surface area contributed by atoms with E-state index in [9.17, 15) is 13.2 Å². The van der Waals surface area contributed by atoms with Crippen molar-refractivity contribution in [2.75, 3.05) is 39.3 Å². The maximum absolute atomic E-state index is 11.8. The fourth-order valence-corrected chi connectivity index (χ4v) is 3.22. The van der Waals surface area contributed by atoms with Crippen LogP contribution in [0.4, 0.5) is 0 Å². The maximum atomic E-state index is 11.8. The van der Waals surface area contributed by atoms with Crippen LogP contribution in [0.3, 0.4) is 0 Å². The summed E-state index contributed by atoms with van der Waals surface area (Å²) in [4.78, 5) is 13.9. The molecular formula is C15H24N4O3S. The molecule has 0 bridgehead atoms. The van der Waals surface area contributed by atoms with Crippen molar-refractivity contribution in [2.45, 2.75) is 12.8 Å². The van der Waals surface area contributed by atoms with Gasteiger partial charge in [-0.3, -0.25) is 4.79 Å². The van der Waals surface area contributed by atoms with E-state index in [1.165, 1.54) is 9.87 Å². The first-order valence-electron chi connectivity index (χ1n) is 7.76. The molecule has 2 rings (SSSR count). The van der Waals surface area contributed by atoms with Crippen LogP contribution in [0, 0.1) is 0 Å². The minimum atomic E-state index is -3.59. The predicted molar refractivity (Wildman–Crippen MR) is 88.9 cm³/mol. The van der Waals surface area contributed by atoms with Crippen LogP contribution in [0.1, 0.15) is 12.0 Å². The number of piperazine rings is 1. The van der Waals surface area contributed by atoms with E-state index in [4.69, 9.17) is 5.14 Å². The van der Waals surface area contributed by atoms with Crippen LogP contribution >= 0.6 is 0 Å². The number of rotatable bonds is 7. The summed E-state index contributed by atoms with van der Waals surface area (Å²) in [6, 6.07) is 10.0. The number of nitrogens with two attached hydrogens (primary N) is 1. The van der Waals surface area contributed by atoms with E-state index in [2.05, 4.69) is 10.2 Å². The van der Waals surface area contributed by atoms with Crippen molar-refractivity contribution in [3.63, 3.8) is 0 Å². The Morgan fingerprint density at radius 3 is 2.39 bits per heavy atom. The first kappa shape index (κ1) is 17.9. The van der Waals surface area contributed by atoms with Gasteiger partial charge in [0.15, 0.2) is 0 Å². The van der Waals surface area contributed by atoms with Crippen molar-refractivity contribution in [1.82, 2.24) is 14.5 Å². The van der Waals surface area contributed by atoms with Crippen LogP contribution in [0.5, 0.6) is 0 Å². The second-order valence-corrected chi connectivity index (χ2v) is 7.17. The third kappa shape index (κ3) is 6.26. The lowest BCUT2D eigenvalue weighted by Crippen LogP contribution is -2.51. The lowest BCUT2D eigenvalue weighted by molar-refractivity contribution is -0.121. The van der Waals surface area contributed by atoms with Gasteiger partial charge in [0.25, 0.3) is 10.2 Å². The van der Waals surface area contributed by atoms with E-state index in [0.29, 0.717) is 45.7 Å². The van der Waals surface area contributed by atoms with Crippen molar-refractivity contribution >= 4 is 16.1 Å². The van der Waals surface area contributed by atoms with Crippen molar-refractivity contribution < 1.29 is 13.2 Å². The molecule has 1 aliphatic rings. The molecule has 1 heterocycles. The highest BCUT2D eigenvalue weighted by atomic mass is 32.2. The maximum Gasteiger partial charge on any atom is 0.276 e. The number of hydrogen-bond acceptors (Lipinski definition) is 4. The van der Waals surface area contributed by atoms with Gasteiger partial charge in [-0.2, -0.15) is 12.7 Å². The Balaban J connectivity index is 1.60. The fourth-order valence-electron chi connectivity index (χ4n) is 2.55. The van der Waals surface area contributed by atoms with Crippen molar-refractivity contribution in [2.24, 2.45) is 5.14 Å². The summed E-state index contributed by atoms with van der Waals surface area (Å²) in [5.74, 6) is 0.0230. The summed E-state index contributed by atoms with van der Waals surface area (Å²) < 4.78 is 23.7. The molecule has 0 aromatic heterocycles. The van der Waals surface area contributed by atoms with E-state index in [1.807, 2.05) is 30.3 Å². The number of amides is 1. The lowest BCUT2D eigenvalue weighted by Gasteiger charge is -2.32. The monoisotopic (exact) mass is 340 g/mol. The Kier molecular flexibility index (Phi) is 6.52. The molecule has 1 aromatic carbocycles. The van der Waals surface area contributed by atoms with Gasteiger partial charge in [0.1, 0.15) is 0 Å². The van der Waals surface area contributed by atoms with E-state index in [-0.39, 0.29) is 5.91 Å². The molecule has 0 saturated carbocycles. The number of hydrogen-bond donors (Lipinski definition) is 2. The van der Waals surface area contributed by atoms with Gasteiger partial charge < -0.3 is 10.2 Å². The van der Waals surface area contributed by atoms with Gasteiger partial charge in [-0.15, -0.1) is 0 Å². The molecule has 7 nitrogen and oxygen atoms in total. The highest BCUT2D eigenvalue weighted by Crippen LogP contribution is 2.05. The summed E-state index contributed by atoms with van der Waals surface area (Å²) in [5.41, 5.74) is 1.20. The quantitative estimate of drug-likeness (QED) is 0.703. The Bertz CT molecular complexity index is 598. The van der Waals surface area contributed by atoms with Gasteiger partial charge >= 0.3 is 0 Å². The first-order valence-corrected chi connectivity index (χ1v) is 9.26. The molecular weight excluding hydrogens is 316 g/mol. The number of benzene rings is 1. The van der Waals surface area contributed by atoms with Gasteiger partial charge in [-0.05, 0) is 12.0 Å². The zero-order valence-electron chi connectivity index (χ0n) is 13.1. The van der Waals surface area contributed by atoms with Crippen LogP contribution in [-0.2, 0) is 21.4 Å². The van der Waals surface area contributed by atoms with Crippen molar-refractivity contribution in [3.05, 3.63) is 35.9 Å². The Morgan fingerprint density at radius 2 is 1.78 bits per heavy atom. The molecule has 1 amide bonds. The Morgan fingerprint density at radius 1 is 1.13 bits per heavy atom. The highest BCUT2D eigenvalue weighted by Gasteiger charge is 2.23. The zero-order chi connectivity index (χ0) is 16.7. The van der Waals surface area contributed by atoms with Gasteiger partial charge in [0.2, 0.25) is 5.91 Å². The smallest absolute Gasteiger partial charge is 0.276 e. The average Bonchev–Trinajstić information content (AvgIpc) is 2.53.